The molecule has 3 aromatic rings. The number of hydrogen-bond donors (Lipinski definition) is 2. The van der Waals surface area contributed by atoms with Gasteiger partial charge in [0, 0.05) is 23.8 Å². The maximum atomic E-state index is 12.1. The largest absolute Gasteiger partial charge is 0.305 e. The van der Waals surface area contributed by atoms with E-state index in [1.54, 1.807) is 17.4 Å². The summed E-state index contributed by atoms with van der Waals surface area (Å²) in [7, 11) is 0. The van der Waals surface area contributed by atoms with Crippen molar-refractivity contribution in [2.24, 2.45) is 0 Å². The molecule has 1 amide bonds. The highest BCUT2D eigenvalue weighted by molar-refractivity contribution is 7.13. The number of nitrogens with one attached hydrogen (secondary N) is 2. The first-order valence-corrected chi connectivity index (χ1v) is 7.16. The molecule has 2 aromatic heterocycles. The molecule has 0 aliphatic heterocycles. The predicted octanol–water partition coefficient (Wildman–Crippen LogP) is 3.30. The highest BCUT2D eigenvalue weighted by Gasteiger charge is 2.11. The van der Waals surface area contributed by atoms with Gasteiger partial charge in [-0.1, -0.05) is 6.07 Å². The first-order valence-electron chi connectivity index (χ1n) is 6.28. The van der Waals surface area contributed by atoms with Crippen LogP contribution in [0.1, 0.15) is 10.4 Å². The third kappa shape index (κ3) is 2.86. The van der Waals surface area contributed by atoms with Gasteiger partial charge in [-0.3, -0.25) is 20.0 Å². The zero-order valence-electron chi connectivity index (χ0n) is 11.1. The lowest BCUT2D eigenvalue weighted by Gasteiger charge is -2.01. The Morgan fingerprint density at radius 1 is 1.27 bits per heavy atom. The molecule has 3 rings (SSSR count). The molecule has 8 heteroatoms. The number of nitro benzene ring substituents is 1. The Balaban J connectivity index is 1.73. The summed E-state index contributed by atoms with van der Waals surface area (Å²) >= 11 is 1.56. The third-order valence-electron chi connectivity index (χ3n) is 2.95. The lowest BCUT2D eigenvalue weighted by molar-refractivity contribution is -0.384. The minimum atomic E-state index is -0.511. The van der Waals surface area contributed by atoms with Gasteiger partial charge in [-0.15, -0.1) is 11.3 Å². The summed E-state index contributed by atoms with van der Waals surface area (Å²) < 4.78 is 0. The summed E-state index contributed by atoms with van der Waals surface area (Å²) in [4.78, 5) is 23.1. The molecule has 0 spiro atoms. The van der Waals surface area contributed by atoms with Crippen molar-refractivity contribution < 1.29 is 9.72 Å². The Labute approximate surface area is 128 Å². The van der Waals surface area contributed by atoms with E-state index >= 15 is 0 Å². The van der Waals surface area contributed by atoms with Crippen molar-refractivity contribution in [2.75, 3.05) is 5.32 Å². The fourth-order valence-electron chi connectivity index (χ4n) is 1.87. The van der Waals surface area contributed by atoms with E-state index in [1.165, 1.54) is 24.3 Å². The second-order valence-electron chi connectivity index (χ2n) is 4.40. The van der Waals surface area contributed by atoms with Gasteiger partial charge in [0.1, 0.15) is 0 Å². The fraction of sp³-hybridized carbons (Fsp3) is 0. The molecule has 2 heterocycles. The summed E-state index contributed by atoms with van der Waals surface area (Å²) in [6.07, 6.45) is 0. The monoisotopic (exact) mass is 314 g/mol. The summed E-state index contributed by atoms with van der Waals surface area (Å²) in [6, 6.07) is 11.0. The molecule has 0 unspecified atom stereocenters. The van der Waals surface area contributed by atoms with Crippen LogP contribution in [0.2, 0.25) is 0 Å². The number of hydrogen-bond acceptors (Lipinski definition) is 5. The zero-order valence-corrected chi connectivity index (χ0v) is 12.0. The van der Waals surface area contributed by atoms with Gasteiger partial charge in [0.25, 0.3) is 11.6 Å². The molecule has 7 nitrogen and oxygen atoms in total. The molecule has 0 aliphatic carbocycles. The van der Waals surface area contributed by atoms with Crippen molar-refractivity contribution >= 4 is 28.7 Å². The summed E-state index contributed by atoms with van der Waals surface area (Å²) in [6.45, 7) is 0. The van der Waals surface area contributed by atoms with Gasteiger partial charge in [-0.2, -0.15) is 5.10 Å². The van der Waals surface area contributed by atoms with Crippen molar-refractivity contribution in [3.8, 4) is 10.6 Å². The number of nitro groups is 1. The summed E-state index contributed by atoms with van der Waals surface area (Å²) in [5.41, 5.74) is 1.08. The van der Waals surface area contributed by atoms with Crippen LogP contribution >= 0.6 is 11.3 Å². The number of benzene rings is 1. The molecule has 0 fully saturated rings. The number of H-pyrrole nitrogens is 1. The van der Waals surface area contributed by atoms with E-state index in [9.17, 15) is 14.9 Å². The summed E-state index contributed by atoms with van der Waals surface area (Å²) in [5.74, 6) is 0.0193. The van der Waals surface area contributed by atoms with Crippen molar-refractivity contribution in [3.63, 3.8) is 0 Å². The lowest BCUT2D eigenvalue weighted by Crippen LogP contribution is -2.12. The molecule has 2 N–H and O–H groups in total. The van der Waals surface area contributed by atoms with Crippen LogP contribution in [0.15, 0.2) is 47.8 Å². The highest BCUT2D eigenvalue weighted by Crippen LogP contribution is 2.24. The Morgan fingerprint density at radius 3 is 2.68 bits per heavy atom. The van der Waals surface area contributed by atoms with Gasteiger partial charge in [0.05, 0.1) is 15.5 Å². The number of nitrogens with zero attached hydrogens (tertiary/aromatic N) is 2. The molecule has 22 heavy (non-hydrogen) atoms. The first kappa shape index (κ1) is 14.0. The molecule has 0 bridgehead atoms. The van der Waals surface area contributed by atoms with E-state index in [-0.39, 0.29) is 11.6 Å². The molecule has 0 atom stereocenters. The Hall–Kier alpha value is -3.00. The average molecular weight is 314 g/mol. The van der Waals surface area contributed by atoms with E-state index in [1.807, 2.05) is 17.5 Å². The number of rotatable bonds is 4. The third-order valence-corrected chi connectivity index (χ3v) is 3.85. The summed E-state index contributed by atoms with van der Waals surface area (Å²) in [5, 5.41) is 22.0. The highest BCUT2D eigenvalue weighted by atomic mass is 32.1. The number of non-ortho nitro benzene ring substituents is 1. The molecular formula is C14H10N4O3S. The van der Waals surface area contributed by atoms with Gasteiger partial charge < -0.3 is 5.32 Å². The van der Waals surface area contributed by atoms with Crippen LogP contribution < -0.4 is 5.32 Å². The Morgan fingerprint density at radius 2 is 2.05 bits per heavy atom. The van der Waals surface area contributed by atoms with E-state index in [4.69, 9.17) is 0 Å². The SMILES string of the molecule is O=C(Nc1cc(-c2cccs2)[nH]n1)c1ccc([N+](=O)[O-])cc1. The second kappa shape index (κ2) is 5.78. The van der Waals surface area contributed by atoms with Crippen molar-refractivity contribution in [2.45, 2.75) is 0 Å². The number of carbonyl (C=O) groups is 1. The van der Waals surface area contributed by atoms with Crippen LogP contribution in [0.4, 0.5) is 11.5 Å². The van der Waals surface area contributed by atoms with Gasteiger partial charge in [-0.25, -0.2) is 0 Å². The second-order valence-corrected chi connectivity index (χ2v) is 5.35. The predicted molar refractivity (Wildman–Crippen MR) is 83.0 cm³/mol. The topological polar surface area (TPSA) is 101 Å². The standard InChI is InChI=1S/C14H10N4O3S/c19-14(9-3-5-10(6-4-9)18(20)21)15-13-8-11(16-17-13)12-2-1-7-22-12/h1-8H,(H2,15,16,17,19). The maximum Gasteiger partial charge on any atom is 0.269 e. The van der Waals surface area contributed by atoms with Gasteiger partial charge in [0.2, 0.25) is 0 Å². The van der Waals surface area contributed by atoms with Crippen LogP contribution in [0.5, 0.6) is 0 Å². The van der Waals surface area contributed by atoms with Crippen LogP contribution in [0, 0.1) is 10.1 Å². The number of amides is 1. The molecule has 0 saturated heterocycles. The quantitative estimate of drug-likeness (QED) is 0.570. The number of carbonyl (C=O) groups excluding carboxylic acids is 1. The van der Waals surface area contributed by atoms with E-state index in [0.717, 1.165) is 10.6 Å². The number of aromatic amines is 1. The van der Waals surface area contributed by atoms with Crippen molar-refractivity contribution in [3.05, 3.63) is 63.5 Å². The van der Waals surface area contributed by atoms with Crippen LogP contribution in [0.3, 0.4) is 0 Å². The fourth-order valence-corrected chi connectivity index (χ4v) is 2.56. The molecule has 110 valence electrons. The van der Waals surface area contributed by atoms with E-state index < -0.39 is 4.92 Å². The minimum Gasteiger partial charge on any atom is -0.305 e. The molecule has 1 aromatic carbocycles. The molecule has 0 saturated carbocycles. The Kier molecular flexibility index (Phi) is 3.67. The van der Waals surface area contributed by atoms with Crippen LogP contribution in [-0.4, -0.2) is 21.0 Å². The number of anilines is 1. The van der Waals surface area contributed by atoms with Gasteiger partial charge in [-0.05, 0) is 23.6 Å². The lowest BCUT2D eigenvalue weighted by atomic mass is 10.2. The minimum absolute atomic E-state index is 0.0590. The van der Waals surface area contributed by atoms with E-state index in [2.05, 4.69) is 15.5 Å². The molecule has 0 radical (unpaired) electrons. The van der Waals surface area contributed by atoms with Crippen molar-refractivity contribution in [1.82, 2.24) is 10.2 Å². The average Bonchev–Trinajstić information content (AvgIpc) is 3.18. The molecular weight excluding hydrogens is 304 g/mol. The number of thiophene rings is 1. The van der Waals surface area contributed by atoms with E-state index in [0.29, 0.717) is 11.4 Å². The maximum absolute atomic E-state index is 12.1. The van der Waals surface area contributed by atoms with Crippen molar-refractivity contribution in [1.29, 1.82) is 0 Å². The smallest absolute Gasteiger partial charge is 0.269 e. The normalized spacial score (nSPS) is 10.4. The van der Waals surface area contributed by atoms with Gasteiger partial charge >= 0.3 is 0 Å². The molecule has 0 aliphatic rings. The van der Waals surface area contributed by atoms with Crippen LogP contribution in [0.25, 0.3) is 10.6 Å². The zero-order chi connectivity index (χ0) is 15.5. The number of aromatic nitrogens is 2. The Bertz CT molecular complexity index is 809. The first-order chi connectivity index (χ1) is 10.6. The van der Waals surface area contributed by atoms with Crippen LogP contribution in [-0.2, 0) is 0 Å². The van der Waals surface area contributed by atoms with Gasteiger partial charge in [0.15, 0.2) is 5.82 Å².